The second-order valence-corrected chi connectivity index (χ2v) is 5.64. The van der Waals surface area contributed by atoms with E-state index in [4.69, 9.17) is 9.47 Å². The van der Waals surface area contributed by atoms with Crippen molar-refractivity contribution in [2.24, 2.45) is 5.41 Å². The van der Waals surface area contributed by atoms with Gasteiger partial charge in [-0.1, -0.05) is 20.8 Å². The molecule has 0 unspecified atom stereocenters. The second kappa shape index (κ2) is 7.57. The normalized spacial score (nSPS) is 19.8. The molecule has 5 heteroatoms. The van der Waals surface area contributed by atoms with Gasteiger partial charge >= 0.3 is 11.9 Å². The van der Waals surface area contributed by atoms with Crippen LogP contribution in [0.2, 0.25) is 0 Å². The standard InChI is InChI=1S/C16H26O5/c1-4-11-16(15(5-2,6-3)12-17)20-13(18)9-7-8-10-14(19)21-16/h12H,4-11H2,1-3H3. The average Bonchev–Trinajstić information content (AvgIpc) is 2.52. The zero-order chi connectivity index (χ0) is 15.9. The fraction of sp³-hybridized carbons (Fsp3) is 0.812. The van der Waals surface area contributed by atoms with E-state index in [1.807, 2.05) is 20.8 Å². The highest BCUT2D eigenvalue weighted by Gasteiger charge is 2.55. The van der Waals surface area contributed by atoms with Crippen LogP contribution < -0.4 is 0 Å². The maximum absolute atomic E-state index is 12.1. The summed E-state index contributed by atoms with van der Waals surface area (Å²) in [5.41, 5.74) is -0.987. The van der Waals surface area contributed by atoms with Crippen molar-refractivity contribution in [1.82, 2.24) is 0 Å². The van der Waals surface area contributed by atoms with E-state index in [-0.39, 0.29) is 12.8 Å². The predicted octanol–water partition coefficient (Wildman–Crippen LogP) is 3.15. The Bertz CT molecular complexity index is 364. The molecule has 0 amide bonds. The van der Waals surface area contributed by atoms with Crippen LogP contribution >= 0.6 is 0 Å². The van der Waals surface area contributed by atoms with Gasteiger partial charge in [0.05, 0.1) is 0 Å². The Kier molecular flexibility index (Phi) is 6.37. The molecule has 1 rings (SSSR count). The highest BCUT2D eigenvalue weighted by Crippen LogP contribution is 2.44. The first kappa shape index (κ1) is 17.7. The van der Waals surface area contributed by atoms with Gasteiger partial charge in [-0.25, -0.2) is 0 Å². The van der Waals surface area contributed by atoms with Crippen molar-refractivity contribution in [2.45, 2.75) is 77.9 Å². The number of ether oxygens (including phenoxy) is 2. The second-order valence-electron chi connectivity index (χ2n) is 5.64. The third-order valence-corrected chi connectivity index (χ3v) is 4.39. The molecule has 0 N–H and O–H groups in total. The summed E-state index contributed by atoms with van der Waals surface area (Å²) in [7, 11) is 0. The lowest BCUT2D eigenvalue weighted by atomic mass is 9.73. The Hall–Kier alpha value is -1.39. The Morgan fingerprint density at radius 1 is 1.05 bits per heavy atom. The number of esters is 2. The number of hydrogen-bond acceptors (Lipinski definition) is 5. The zero-order valence-corrected chi connectivity index (χ0v) is 13.3. The quantitative estimate of drug-likeness (QED) is 0.556. The highest BCUT2D eigenvalue weighted by atomic mass is 16.7. The largest absolute Gasteiger partial charge is 0.421 e. The third kappa shape index (κ3) is 3.63. The van der Waals surface area contributed by atoms with Crippen LogP contribution in [0.3, 0.4) is 0 Å². The van der Waals surface area contributed by atoms with Crippen LogP contribution in [0.1, 0.15) is 72.1 Å². The predicted molar refractivity (Wildman–Crippen MR) is 77.4 cm³/mol. The number of rotatable bonds is 6. The van der Waals surface area contributed by atoms with Crippen molar-refractivity contribution < 1.29 is 23.9 Å². The Morgan fingerprint density at radius 2 is 1.52 bits per heavy atom. The van der Waals surface area contributed by atoms with Gasteiger partial charge in [-0.15, -0.1) is 0 Å². The van der Waals surface area contributed by atoms with E-state index in [1.54, 1.807) is 0 Å². The molecule has 1 fully saturated rings. The first-order chi connectivity index (χ1) is 9.99. The van der Waals surface area contributed by atoms with Gasteiger partial charge < -0.3 is 14.3 Å². The zero-order valence-electron chi connectivity index (χ0n) is 13.3. The molecule has 0 saturated carbocycles. The molecule has 1 aliphatic heterocycles. The van der Waals surface area contributed by atoms with E-state index in [1.165, 1.54) is 0 Å². The van der Waals surface area contributed by atoms with Gasteiger partial charge in [0.25, 0.3) is 5.79 Å². The molecule has 1 saturated heterocycles. The number of carbonyl (C=O) groups is 3. The maximum Gasteiger partial charge on any atom is 0.309 e. The van der Waals surface area contributed by atoms with Crippen molar-refractivity contribution in [1.29, 1.82) is 0 Å². The molecule has 0 radical (unpaired) electrons. The minimum Gasteiger partial charge on any atom is -0.421 e. The summed E-state index contributed by atoms with van der Waals surface area (Å²) in [6, 6.07) is 0. The van der Waals surface area contributed by atoms with Crippen molar-refractivity contribution in [2.75, 3.05) is 0 Å². The number of aldehydes is 1. The third-order valence-electron chi connectivity index (χ3n) is 4.39. The van der Waals surface area contributed by atoms with Crippen molar-refractivity contribution in [3.8, 4) is 0 Å². The van der Waals surface area contributed by atoms with Crippen molar-refractivity contribution >= 4 is 18.2 Å². The van der Waals surface area contributed by atoms with Crippen molar-refractivity contribution in [3.63, 3.8) is 0 Å². The van der Waals surface area contributed by atoms with Gasteiger partial charge in [0.15, 0.2) is 0 Å². The minimum absolute atomic E-state index is 0.254. The summed E-state index contributed by atoms with van der Waals surface area (Å²) < 4.78 is 11.2. The smallest absolute Gasteiger partial charge is 0.309 e. The lowest BCUT2D eigenvalue weighted by Gasteiger charge is -2.44. The molecule has 0 bridgehead atoms. The molecule has 0 aliphatic carbocycles. The summed E-state index contributed by atoms with van der Waals surface area (Å²) in [6.45, 7) is 5.62. The lowest BCUT2D eigenvalue weighted by Crippen LogP contribution is -2.55. The van der Waals surface area contributed by atoms with Gasteiger partial charge in [0.1, 0.15) is 11.7 Å². The highest BCUT2D eigenvalue weighted by molar-refractivity contribution is 5.75. The van der Waals surface area contributed by atoms with E-state index >= 15 is 0 Å². The number of carbonyl (C=O) groups excluding carboxylic acids is 3. The Morgan fingerprint density at radius 3 is 1.86 bits per heavy atom. The van der Waals surface area contributed by atoms with E-state index in [2.05, 4.69) is 0 Å². The summed E-state index contributed by atoms with van der Waals surface area (Å²) in [6.07, 6.45) is 4.39. The monoisotopic (exact) mass is 298 g/mol. The van der Waals surface area contributed by atoms with Crippen LogP contribution in [0, 0.1) is 5.41 Å². The molecule has 1 heterocycles. The topological polar surface area (TPSA) is 69.7 Å². The van der Waals surface area contributed by atoms with E-state index in [0.29, 0.717) is 38.5 Å². The molecular formula is C16H26O5. The van der Waals surface area contributed by atoms with E-state index < -0.39 is 23.1 Å². The summed E-state index contributed by atoms with van der Waals surface area (Å²) in [4.78, 5) is 35.9. The molecular weight excluding hydrogens is 272 g/mol. The minimum atomic E-state index is -1.47. The molecule has 21 heavy (non-hydrogen) atoms. The van der Waals surface area contributed by atoms with Gasteiger partial charge in [0, 0.05) is 19.3 Å². The van der Waals surface area contributed by atoms with Crippen LogP contribution in [0.25, 0.3) is 0 Å². The van der Waals surface area contributed by atoms with Gasteiger partial charge in [-0.3, -0.25) is 9.59 Å². The van der Waals surface area contributed by atoms with Gasteiger partial charge in [-0.05, 0) is 32.1 Å². The fourth-order valence-corrected chi connectivity index (χ4v) is 2.96. The summed E-state index contributed by atoms with van der Waals surface area (Å²) in [5, 5.41) is 0. The van der Waals surface area contributed by atoms with Crippen LogP contribution in [-0.2, 0) is 23.9 Å². The molecule has 0 aromatic heterocycles. The number of cyclic esters (lactones) is 2. The molecule has 0 spiro atoms. The molecule has 120 valence electrons. The van der Waals surface area contributed by atoms with Crippen LogP contribution in [0.15, 0.2) is 0 Å². The SMILES string of the molecule is CCCC1(C(C=O)(CC)CC)OC(=O)CCCCC(=O)O1. The number of hydrogen-bond donors (Lipinski definition) is 0. The molecule has 0 aromatic rings. The van der Waals surface area contributed by atoms with E-state index in [0.717, 1.165) is 6.29 Å². The average molecular weight is 298 g/mol. The molecule has 0 aromatic carbocycles. The molecule has 5 nitrogen and oxygen atoms in total. The van der Waals surface area contributed by atoms with Crippen molar-refractivity contribution in [3.05, 3.63) is 0 Å². The first-order valence-corrected chi connectivity index (χ1v) is 7.89. The summed E-state index contributed by atoms with van der Waals surface area (Å²) >= 11 is 0. The lowest BCUT2D eigenvalue weighted by molar-refractivity contribution is -0.269. The van der Waals surface area contributed by atoms with Gasteiger partial charge in [0.2, 0.25) is 0 Å². The maximum atomic E-state index is 12.1. The Balaban J connectivity index is 3.31. The molecule has 0 atom stereocenters. The fourth-order valence-electron chi connectivity index (χ4n) is 2.96. The van der Waals surface area contributed by atoms with Crippen LogP contribution in [0.4, 0.5) is 0 Å². The van der Waals surface area contributed by atoms with Crippen LogP contribution in [0.5, 0.6) is 0 Å². The summed E-state index contributed by atoms with van der Waals surface area (Å²) in [5.74, 6) is -2.26. The first-order valence-electron chi connectivity index (χ1n) is 7.89. The van der Waals surface area contributed by atoms with E-state index in [9.17, 15) is 14.4 Å². The molecule has 1 aliphatic rings. The van der Waals surface area contributed by atoms with Crippen LogP contribution in [-0.4, -0.2) is 24.0 Å². The Labute approximate surface area is 126 Å². The van der Waals surface area contributed by atoms with Gasteiger partial charge in [-0.2, -0.15) is 0 Å².